The molecule has 0 rings (SSSR count). The topological polar surface area (TPSA) is 41.1 Å². The average molecular weight is 186 g/mol. The molecule has 3 heteroatoms. The Bertz CT molecular complexity index is 146. The Morgan fingerprint density at radius 1 is 1.31 bits per heavy atom. The highest BCUT2D eigenvalue weighted by Crippen LogP contribution is 1.92. The summed E-state index contributed by atoms with van der Waals surface area (Å²) in [5.41, 5.74) is 0. The molecule has 0 aromatic heterocycles. The van der Waals surface area contributed by atoms with Crippen molar-refractivity contribution in [2.24, 2.45) is 5.92 Å². The average Bonchev–Trinajstić information content (AvgIpc) is 2.01. The molecular formula is C10H22N2O. The van der Waals surface area contributed by atoms with Crippen LogP contribution in [0.2, 0.25) is 0 Å². The van der Waals surface area contributed by atoms with Crippen molar-refractivity contribution in [1.82, 2.24) is 10.6 Å². The lowest BCUT2D eigenvalue weighted by molar-refractivity contribution is -0.121. The van der Waals surface area contributed by atoms with Gasteiger partial charge in [0.25, 0.3) is 0 Å². The van der Waals surface area contributed by atoms with Crippen molar-refractivity contribution in [3.63, 3.8) is 0 Å². The van der Waals surface area contributed by atoms with E-state index in [9.17, 15) is 4.79 Å². The third-order valence-corrected chi connectivity index (χ3v) is 1.75. The summed E-state index contributed by atoms with van der Waals surface area (Å²) in [6, 6.07) is 0.275. The Labute approximate surface area is 81.3 Å². The van der Waals surface area contributed by atoms with Crippen LogP contribution in [0.1, 0.15) is 34.1 Å². The van der Waals surface area contributed by atoms with E-state index in [0.717, 1.165) is 13.1 Å². The predicted molar refractivity (Wildman–Crippen MR) is 55.6 cm³/mol. The first-order chi connectivity index (χ1) is 6.06. The monoisotopic (exact) mass is 186 g/mol. The highest BCUT2D eigenvalue weighted by Gasteiger charge is 2.07. The van der Waals surface area contributed by atoms with Crippen LogP contribution >= 0.6 is 0 Å². The number of nitrogens with one attached hydrogen (secondary N) is 2. The second-order valence-electron chi connectivity index (χ2n) is 3.86. The summed E-state index contributed by atoms with van der Waals surface area (Å²) in [5, 5.41) is 6.10. The maximum Gasteiger partial charge on any atom is 0.221 e. The lowest BCUT2D eigenvalue weighted by atomic mass is 10.2. The quantitative estimate of drug-likeness (QED) is 0.653. The normalized spacial score (nSPS) is 13.0. The molecule has 2 N–H and O–H groups in total. The van der Waals surface area contributed by atoms with Gasteiger partial charge in [-0.1, -0.05) is 20.8 Å². The van der Waals surface area contributed by atoms with Gasteiger partial charge in [-0.05, 0) is 19.4 Å². The molecule has 13 heavy (non-hydrogen) atoms. The highest BCUT2D eigenvalue weighted by atomic mass is 16.1. The zero-order valence-electron chi connectivity index (χ0n) is 9.18. The van der Waals surface area contributed by atoms with Crippen molar-refractivity contribution in [2.45, 2.75) is 40.2 Å². The van der Waals surface area contributed by atoms with Crippen LogP contribution in [0.5, 0.6) is 0 Å². The fraction of sp³-hybridized carbons (Fsp3) is 0.900. The predicted octanol–water partition coefficient (Wildman–Crippen LogP) is 1.15. The molecule has 0 aliphatic heterocycles. The Hall–Kier alpha value is -0.570. The second-order valence-corrected chi connectivity index (χ2v) is 3.86. The van der Waals surface area contributed by atoms with E-state index in [1.54, 1.807) is 0 Å². The van der Waals surface area contributed by atoms with Crippen LogP contribution in [0, 0.1) is 5.92 Å². The van der Waals surface area contributed by atoms with Crippen LogP contribution in [0.25, 0.3) is 0 Å². The van der Waals surface area contributed by atoms with Crippen molar-refractivity contribution < 1.29 is 4.79 Å². The van der Waals surface area contributed by atoms with Gasteiger partial charge >= 0.3 is 0 Å². The molecule has 78 valence electrons. The van der Waals surface area contributed by atoms with E-state index in [1.807, 2.05) is 13.8 Å². The van der Waals surface area contributed by atoms with E-state index < -0.39 is 0 Å². The molecule has 0 aromatic carbocycles. The van der Waals surface area contributed by atoms with Crippen molar-refractivity contribution in [2.75, 3.05) is 13.1 Å². The molecule has 1 unspecified atom stereocenters. The van der Waals surface area contributed by atoms with Gasteiger partial charge in [-0.25, -0.2) is 0 Å². The standard InChI is InChI=1S/C10H22N2O/c1-5-11-9(4)6-10(13)12-7-8(2)3/h8-9,11H,5-7H2,1-4H3,(H,12,13). The molecule has 1 atom stereocenters. The third kappa shape index (κ3) is 7.78. The van der Waals surface area contributed by atoms with Gasteiger partial charge in [-0.2, -0.15) is 0 Å². The van der Waals surface area contributed by atoms with Crippen LogP contribution in [0.15, 0.2) is 0 Å². The Balaban J connectivity index is 3.50. The molecule has 0 aromatic rings. The molecule has 0 aliphatic carbocycles. The Morgan fingerprint density at radius 3 is 2.38 bits per heavy atom. The van der Waals surface area contributed by atoms with Crippen LogP contribution in [0.4, 0.5) is 0 Å². The fourth-order valence-electron chi connectivity index (χ4n) is 1.09. The molecule has 0 radical (unpaired) electrons. The lowest BCUT2D eigenvalue weighted by Gasteiger charge is -2.12. The van der Waals surface area contributed by atoms with E-state index in [2.05, 4.69) is 24.5 Å². The minimum absolute atomic E-state index is 0.141. The van der Waals surface area contributed by atoms with Gasteiger partial charge in [0.1, 0.15) is 0 Å². The smallest absolute Gasteiger partial charge is 0.221 e. The Morgan fingerprint density at radius 2 is 1.92 bits per heavy atom. The molecule has 0 bridgehead atoms. The number of amides is 1. The number of hydrogen-bond acceptors (Lipinski definition) is 2. The van der Waals surface area contributed by atoms with Crippen LogP contribution < -0.4 is 10.6 Å². The number of carbonyl (C=O) groups excluding carboxylic acids is 1. The summed E-state index contributed by atoms with van der Waals surface area (Å²) in [5.74, 6) is 0.667. The first kappa shape index (κ1) is 12.4. The van der Waals surface area contributed by atoms with E-state index in [4.69, 9.17) is 0 Å². The molecule has 1 amide bonds. The van der Waals surface area contributed by atoms with Crippen molar-refractivity contribution in [3.8, 4) is 0 Å². The first-order valence-electron chi connectivity index (χ1n) is 5.06. The van der Waals surface area contributed by atoms with Crippen LogP contribution in [0.3, 0.4) is 0 Å². The largest absolute Gasteiger partial charge is 0.356 e. The lowest BCUT2D eigenvalue weighted by Crippen LogP contribution is -2.35. The van der Waals surface area contributed by atoms with Gasteiger partial charge in [-0.15, -0.1) is 0 Å². The molecular weight excluding hydrogens is 164 g/mol. The van der Waals surface area contributed by atoms with Gasteiger partial charge in [0.05, 0.1) is 0 Å². The summed E-state index contributed by atoms with van der Waals surface area (Å²) in [4.78, 5) is 11.3. The van der Waals surface area contributed by atoms with Crippen molar-refractivity contribution in [1.29, 1.82) is 0 Å². The summed E-state index contributed by atoms with van der Waals surface area (Å²) in [7, 11) is 0. The van der Waals surface area contributed by atoms with Gasteiger partial charge < -0.3 is 10.6 Å². The summed E-state index contributed by atoms with van der Waals surface area (Å²) >= 11 is 0. The first-order valence-corrected chi connectivity index (χ1v) is 5.06. The minimum Gasteiger partial charge on any atom is -0.356 e. The zero-order chi connectivity index (χ0) is 10.3. The SMILES string of the molecule is CCNC(C)CC(=O)NCC(C)C. The molecule has 0 saturated carbocycles. The fourth-order valence-corrected chi connectivity index (χ4v) is 1.09. The van der Waals surface area contributed by atoms with Crippen LogP contribution in [-0.4, -0.2) is 25.0 Å². The van der Waals surface area contributed by atoms with E-state index in [-0.39, 0.29) is 11.9 Å². The van der Waals surface area contributed by atoms with Gasteiger partial charge in [0, 0.05) is 19.0 Å². The number of carbonyl (C=O) groups is 1. The molecule has 0 aliphatic rings. The molecule has 0 fully saturated rings. The van der Waals surface area contributed by atoms with Crippen molar-refractivity contribution in [3.05, 3.63) is 0 Å². The van der Waals surface area contributed by atoms with E-state index >= 15 is 0 Å². The summed E-state index contributed by atoms with van der Waals surface area (Å²) in [6.45, 7) is 9.94. The Kier molecular flexibility index (Phi) is 6.59. The number of rotatable bonds is 6. The molecule has 0 spiro atoms. The third-order valence-electron chi connectivity index (χ3n) is 1.75. The molecule has 3 nitrogen and oxygen atoms in total. The maximum atomic E-state index is 11.3. The summed E-state index contributed by atoms with van der Waals surface area (Å²) in [6.07, 6.45) is 0.570. The van der Waals surface area contributed by atoms with Gasteiger partial charge in [-0.3, -0.25) is 4.79 Å². The number of hydrogen-bond donors (Lipinski definition) is 2. The second kappa shape index (κ2) is 6.89. The molecule has 0 saturated heterocycles. The summed E-state index contributed by atoms with van der Waals surface area (Å²) < 4.78 is 0. The zero-order valence-corrected chi connectivity index (χ0v) is 9.18. The molecule has 0 heterocycles. The van der Waals surface area contributed by atoms with Crippen molar-refractivity contribution >= 4 is 5.91 Å². The van der Waals surface area contributed by atoms with Crippen LogP contribution in [-0.2, 0) is 4.79 Å². The van der Waals surface area contributed by atoms with Gasteiger partial charge in [0.15, 0.2) is 0 Å². The van der Waals surface area contributed by atoms with Gasteiger partial charge in [0.2, 0.25) is 5.91 Å². The van der Waals surface area contributed by atoms with E-state index in [1.165, 1.54) is 0 Å². The minimum atomic E-state index is 0.141. The maximum absolute atomic E-state index is 11.3. The highest BCUT2D eigenvalue weighted by molar-refractivity contribution is 5.76. The van der Waals surface area contributed by atoms with E-state index in [0.29, 0.717) is 12.3 Å².